The van der Waals surface area contributed by atoms with Gasteiger partial charge in [0.1, 0.15) is 0 Å². The van der Waals surface area contributed by atoms with Crippen LogP contribution in [0.25, 0.3) is 0 Å². The number of ether oxygens (including phenoxy) is 1. The molecule has 108 valence electrons. The lowest BCUT2D eigenvalue weighted by Gasteiger charge is -2.06. The number of anilines is 1. The largest absolute Gasteiger partial charge is 0.468 e. The number of carbonyl (C=O) groups is 2. The Morgan fingerprint density at radius 3 is 2.75 bits per heavy atom. The lowest BCUT2D eigenvalue weighted by molar-refractivity contribution is -0.387. The Morgan fingerprint density at radius 2 is 2.20 bits per heavy atom. The molecule has 0 heterocycles. The predicted molar refractivity (Wildman–Crippen MR) is 70.4 cm³/mol. The van der Waals surface area contributed by atoms with Gasteiger partial charge in [-0.1, -0.05) is 0 Å². The predicted octanol–water partition coefficient (Wildman–Crippen LogP) is 1.77. The molecule has 0 bridgehead atoms. The number of hydrogen-bond donors (Lipinski definition) is 1. The number of nitro groups is 1. The van der Waals surface area contributed by atoms with Gasteiger partial charge >= 0.3 is 5.97 Å². The van der Waals surface area contributed by atoms with Gasteiger partial charge in [-0.05, 0) is 12.1 Å². The van der Waals surface area contributed by atoms with Crippen molar-refractivity contribution in [1.82, 2.24) is 0 Å². The molecule has 1 aromatic carbocycles. The monoisotopic (exact) mass is 302 g/mol. The summed E-state index contributed by atoms with van der Waals surface area (Å²) in [6, 6.07) is 3.76. The number of benzene rings is 1. The van der Waals surface area contributed by atoms with E-state index in [1.54, 1.807) is 0 Å². The van der Waals surface area contributed by atoms with Gasteiger partial charge in [0.2, 0.25) is 0 Å². The summed E-state index contributed by atoms with van der Waals surface area (Å²) in [5.41, 5.74) is 0.00256. The molecule has 0 aliphatic rings. The summed E-state index contributed by atoms with van der Waals surface area (Å²) < 4.78 is 16.5. The lowest BCUT2D eigenvalue weighted by Crippen LogP contribution is -2.13. The first-order valence-electron chi connectivity index (χ1n) is 5.31. The molecule has 9 heteroatoms. The molecule has 0 fully saturated rings. The molecule has 1 rings (SSSR count). The van der Waals surface area contributed by atoms with Crippen LogP contribution < -0.4 is 5.32 Å². The zero-order chi connectivity index (χ0) is 15.1. The number of alkyl halides is 1. The average molecular weight is 302 g/mol. The van der Waals surface area contributed by atoms with E-state index in [0.29, 0.717) is 0 Å². The van der Waals surface area contributed by atoms with Crippen LogP contribution >= 0.6 is 11.8 Å². The van der Waals surface area contributed by atoms with Crippen molar-refractivity contribution in [2.45, 2.75) is 4.90 Å². The smallest absolute Gasteiger partial charge is 0.315 e. The number of nitrogens with one attached hydrogen (secondary N) is 1. The highest BCUT2D eigenvalue weighted by Crippen LogP contribution is 2.31. The second-order valence-electron chi connectivity index (χ2n) is 3.49. The topological polar surface area (TPSA) is 98.5 Å². The summed E-state index contributed by atoms with van der Waals surface area (Å²) in [6.07, 6.45) is 0. The first kappa shape index (κ1) is 15.9. The number of rotatable bonds is 6. The van der Waals surface area contributed by atoms with E-state index < -0.39 is 23.5 Å². The van der Waals surface area contributed by atoms with Gasteiger partial charge in [0.05, 0.1) is 22.7 Å². The fraction of sp³-hybridized carbons (Fsp3) is 0.273. The number of halogens is 1. The van der Waals surface area contributed by atoms with Crippen LogP contribution in [0.4, 0.5) is 15.8 Å². The third kappa shape index (κ3) is 4.50. The standard InChI is InChI=1S/C11H11FN2O5S/c1-19-11(16)6-20-9-4-7(13-10(15)5-12)2-3-8(9)14(17)18/h2-4H,5-6H2,1H3,(H,13,15). The van der Waals surface area contributed by atoms with Crippen molar-refractivity contribution in [2.24, 2.45) is 0 Å². The van der Waals surface area contributed by atoms with E-state index in [4.69, 9.17) is 0 Å². The van der Waals surface area contributed by atoms with E-state index >= 15 is 0 Å². The van der Waals surface area contributed by atoms with E-state index in [1.807, 2.05) is 0 Å². The van der Waals surface area contributed by atoms with Gasteiger partial charge in [-0.3, -0.25) is 19.7 Å². The summed E-state index contributed by atoms with van der Waals surface area (Å²) in [7, 11) is 1.20. The van der Waals surface area contributed by atoms with Crippen LogP contribution in [-0.2, 0) is 14.3 Å². The van der Waals surface area contributed by atoms with Crippen LogP contribution in [0.5, 0.6) is 0 Å². The zero-order valence-electron chi connectivity index (χ0n) is 10.4. The van der Waals surface area contributed by atoms with Crippen molar-refractivity contribution in [3.05, 3.63) is 28.3 Å². The second-order valence-corrected chi connectivity index (χ2v) is 4.50. The average Bonchev–Trinajstić information content (AvgIpc) is 2.44. The molecule has 0 saturated heterocycles. The molecule has 0 atom stereocenters. The van der Waals surface area contributed by atoms with Crippen molar-refractivity contribution in [1.29, 1.82) is 0 Å². The van der Waals surface area contributed by atoms with E-state index in [-0.39, 0.29) is 22.0 Å². The van der Waals surface area contributed by atoms with Crippen LogP contribution in [0.15, 0.2) is 23.1 Å². The minimum atomic E-state index is -1.19. The molecule has 20 heavy (non-hydrogen) atoms. The molecule has 1 amide bonds. The highest BCUT2D eigenvalue weighted by Gasteiger charge is 2.17. The molecule has 0 aliphatic heterocycles. The Morgan fingerprint density at radius 1 is 1.50 bits per heavy atom. The number of nitrogens with zero attached hydrogens (tertiary/aromatic N) is 1. The number of methoxy groups -OCH3 is 1. The van der Waals surface area contributed by atoms with Crippen molar-refractivity contribution in [3.8, 4) is 0 Å². The van der Waals surface area contributed by atoms with Crippen LogP contribution in [-0.4, -0.2) is 36.3 Å². The Kier molecular flexibility index (Phi) is 5.91. The summed E-state index contributed by atoms with van der Waals surface area (Å²) in [5, 5.41) is 13.1. The zero-order valence-corrected chi connectivity index (χ0v) is 11.2. The van der Waals surface area contributed by atoms with Crippen molar-refractivity contribution < 1.29 is 23.6 Å². The Balaban J connectivity index is 2.96. The highest BCUT2D eigenvalue weighted by atomic mass is 32.2. The van der Waals surface area contributed by atoms with Gasteiger partial charge in [-0.15, -0.1) is 11.8 Å². The lowest BCUT2D eigenvalue weighted by atomic mass is 10.3. The SMILES string of the molecule is COC(=O)CSc1cc(NC(=O)CF)ccc1[N+](=O)[O-]. The van der Waals surface area contributed by atoms with Crippen molar-refractivity contribution >= 4 is 35.0 Å². The van der Waals surface area contributed by atoms with Crippen LogP contribution in [0.1, 0.15) is 0 Å². The Labute approximate surface area is 117 Å². The number of thioether (sulfide) groups is 1. The number of nitro benzene ring substituents is 1. The molecule has 0 aliphatic carbocycles. The van der Waals surface area contributed by atoms with Gasteiger partial charge in [0.25, 0.3) is 11.6 Å². The first-order chi connectivity index (χ1) is 9.47. The molecule has 0 saturated carbocycles. The fourth-order valence-electron chi connectivity index (χ4n) is 1.25. The number of esters is 1. The molecular weight excluding hydrogens is 291 g/mol. The maximum absolute atomic E-state index is 12.1. The van der Waals surface area contributed by atoms with Crippen molar-refractivity contribution in [3.63, 3.8) is 0 Å². The highest BCUT2D eigenvalue weighted by molar-refractivity contribution is 8.00. The van der Waals surface area contributed by atoms with E-state index in [0.717, 1.165) is 11.8 Å². The molecule has 0 spiro atoms. The molecular formula is C11H11FN2O5S. The maximum Gasteiger partial charge on any atom is 0.315 e. The van der Waals surface area contributed by atoms with Crippen LogP contribution in [0, 0.1) is 10.1 Å². The Bertz CT molecular complexity index is 538. The maximum atomic E-state index is 12.1. The second kappa shape index (κ2) is 7.43. The molecule has 0 aromatic heterocycles. The van der Waals surface area contributed by atoms with Crippen molar-refractivity contribution in [2.75, 3.05) is 24.9 Å². The summed E-state index contributed by atoms with van der Waals surface area (Å²) in [5.74, 6) is -1.51. The normalized spacial score (nSPS) is 9.90. The first-order valence-corrected chi connectivity index (χ1v) is 6.30. The van der Waals surface area contributed by atoms with Gasteiger partial charge in [0.15, 0.2) is 6.67 Å². The third-order valence-corrected chi connectivity index (χ3v) is 3.15. The van der Waals surface area contributed by atoms with Gasteiger partial charge in [-0.25, -0.2) is 4.39 Å². The van der Waals surface area contributed by atoms with Gasteiger partial charge < -0.3 is 10.1 Å². The molecule has 0 unspecified atom stereocenters. The Hall–Kier alpha value is -2.16. The number of amides is 1. The molecule has 0 radical (unpaired) electrons. The van der Waals surface area contributed by atoms with Crippen LogP contribution in [0.3, 0.4) is 0 Å². The van der Waals surface area contributed by atoms with Gasteiger partial charge in [-0.2, -0.15) is 0 Å². The molecule has 7 nitrogen and oxygen atoms in total. The summed E-state index contributed by atoms with van der Waals surface area (Å²) in [4.78, 5) is 32.4. The quantitative estimate of drug-likeness (QED) is 0.372. The summed E-state index contributed by atoms with van der Waals surface area (Å²) >= 11 is 0.896. The molecule has 1 aromatic rings. The number of carbonyl (C=O) groups excluding carboxylic acids is 2. The molecule has 1 N–H and O–H groups in total. The number of hydrogen-bond acceptors (Lipinski definition) is 6. The minimum absolute atomic E-state index is 0.113. The summed E-state index contributed by atoms with van der Waals surface area (Å²) in [6.45, 7) is -1.19. The van der Waals surface area contributed by atoms with E-state index in [9.17, 15) is 24.1 Å². The van der Waals surface area contributed by atoms with Gasteiger partial charge in [0, 0.05) is 11.8 Å². The third-order valence-electron chi connectivity index (χ3n) is 2.13. The van der Waals surface area contributed by atoms with Crippen LogP contribution in [0.2, 0.25) is 0 Å². The fourth-order valence-corrected chi connectivity index (χ4v) is 2.14. The minimum Gasteiger partial charge on any atom is -0.468 e. The van der Waals surface area contributed by atoms with E-state index in [2.05, 4.69) is 10.1 Å². The van der Waals surface area contributed by atoms with E-state index in [1.165, 1.54) is 25.3 Å².